The minimum atomic E-state index is -0.0707. The van der Waals surface area contributed by atoms with Crippen LogP contribution in [0.1, 0.15) is 13.8 Å². The molecule has 0 aromatic carbocycles. The van der Waals surface area contributed by atoms with Crippen LogP contribution in [-0.4, -0.2) is 23.5 Å². The smallest absolute Gasteiger partial charge is 0.279 e. The zero-order valence-electron chi connectivity index (χ0n) is 8.83. The molecule has 1 rings (SSSR count). The van der Waals surface area contributed by atoms with E-state index in [2.05, 4.69) is 10.3 Å². The van der Waals surface area contributed by atoms with Gasteiger partial charge >= 0.3 is 0 Å². The van der Waals surface area contributed by atoms with Crippen LogP contribution in [0, 0.1) is 0 Å². The molecule has 0 bridgehead atoms. The Morgan fingerprint density at radius 2 is 2.40 bits per heavy atom. The van der Waals surface area contributed by atoms with Crippen LogP contribution in [0.5, 0.6) is 0 Å². The third-order valence-electron chi connectivity index (χ3n) is 1.81. The number of halogens is 1. The van der Waals surface area contributed by atoms with Crippen molar-refractivity contribution in [3.8, 4) is 0 Å². The van der Waals surface area contributed by atoms with Gasteiger partial charge in [0.1, 0.15) is 0 Å². The molecule has 1 amide bonds. The second kappa shape index (κ2) is 5.68. The molecule has 82 valence electrons. The van der Waals surface area contributed by atoms with Gasteiger partial charge in [0.25, 0.3) is 5.91 Å². The van der Waals surface area contributed by atoms with Crippen molar-refractivity contribution in [1.29, 1.82) is 0 Å². The number of carbonyl (C=O) groups is 1. The predicted molar refractivity (Wildman–Crippen MR) is 59.8 cm³/mol. The van der Waals surface area contributed by atoms with Gasteiger partial charge in [-0.15, -0.1) is 0 Å². The van der Waals surface area contributed by atoms with Crippen molar-refractivity contribution in [3.63, 3.8) is 0 Å². The summed E-state index contributed by atoms with van der Waals surface area (Å²) in [5.41, 5.74) is 0.557. The standard InChI is InChI=1S/C10H14ClN3O/c1-7(2)13-6-9(15)14-8-4-3-5-12-10(8)11/h3-5,7,13H,6H2,1-2H3,(H,14,15)/p+1. The van der Waals surface area contributed by atoms with Gasteiger partial charge < -0.3 is 10.6 Å². The van der Waals surface area contributed by atoms with Crippen LogP contribution in [0.15, 0.2) is 18.3 Å². The van der Waals surface area contributed by atoms with Gasteiger partial charge in [-0.1, -0.05) is 11.6 Å². The summed E-state index contributed by atoms with van der Waals surface area (Å²) in [7, 11) is 0. The molecule has 1 aromatic rings. The van der Waals surface area contributed by atoms with E-state index in [0.29, 0.717) is 23.4 Å². The van der Waals surface area contributed by atoms with Gasteiger partial charge in [0.05, 0.1) is 11.7 Å². The lowest BCUT2D eigenvalue weighted by molar-refractivity contribution is -0.672. The number of nitrogens with two attached hydrogens (primary N) is 1. The van der Waals surface area contributed by atoms with Crippen molar-refractivity contribution >= 4 is 23.2 Å². The molecule has 1 heterocycles. The van der Waals surface area contributed by atoms with E-state index in [4.69, 9.17) is 11.6 Å². The molecule has 4 nitrogen and oxygen atoms in total. The maximum Gasteiger partial charge on any atom is 0.279 e. The van der Waals surface area contributed by atoms with Gasteiger partial charge in [0.15, 0.2) is 11.7 Å². The molecule has 5 heteroatoms. The summed E-state index contributed by atoms with van der Waals surface area (Å²) in [4.78, 5) is 15.3. The average Bonchev–Trinajstić information content (AvgIpc) is 2.18. The van der Waals surface area contributed by atoms with Crippen molar-refractivity contribution in [3.05, 3.63) is 23.5 Å². The number of anilines is 1. The normalized spacial score (nSPS) is 10.4. The third-order valence-corrected chi connectivity index (χ3v) is 2.11. The Kier molecular flexibility index (Phi) is 4.52. The molecule has 0 saturated carbocycles. The number of nitrogens with zero attached hydrogens (tertiary/aromatic N) is 1. The van der Waals surface area contributed by atoms with E-state index in [0.717, 1.165) is 0 Å². The zero-order valence-corrected chi connectivity index (χ0v) is 9.58. The number of hydrogen-bond donors (Lipinski definition) is 2. The summed E-state index contributed by atoms with van der Waals surface area (Å²) in [5, 5.41) is 4.96. The number of nitrogens with one attached hydrogen (secondary N) is 1. The maximum absolute atomic E-state index is 11.4. The molecule has 0 atom stereocenters. The molecule has 0 aliphatic carbocycles. The van der Waals surface area contributed by atoms with Crippen LogP contribution in [-0.2, 0) is 4.79 Å². The van der Waals surface area contributed by atoms with Crippen molar-refractivity contribution in [2.45, 2.75) is 19.9 Å². The quantitative estimate of drug-likeness (QED) is 0.744. The SMILES string of the molecule is CC(C)[NH2+]CC(=O)Nc1cccnc1Cl. The fourth-order valence-corrected chi connectivity index (χ4v) is 1.19. The van der Waals surface area contributed by atoms with Gasteiger partial charge in [0, 0.05) is 6.20 Å². The first kappa shape index (κ1) is 11.9. The summed E-state index contributed by atoms with van der Waals surface area (Å²) in [6.07, 6.45) is 1.58. The molecule has 0 unspecified atom stereocenters. The molecular formula is C10H15ClN3O+. The summed E-state index contributed by atoms with van der Waals surface area (Å²) in [5.74, 6) is -0.0707. The average molecular weight is 229 g/mol. The fraction of sp³-hybridized carbons (Fsp3) is 0.400. The van der Waals surface area contributed by atoms with Gasteiger partial charge in [0.2, 0.25) is 0 Å². The van der Waals surface area contributed by atoms with Crippen LogP contribution in [0.4, 0.5) is 5.69 Å². The Labute approximate surface area is 94.0 Å². The first-order valence-electron chi connectivity index (χ1n) is 4.83. The zero-order chi connectivity index (χ0) is 11.3. The number of pyridine rings is 1. The lowest BCUT2D eigenvalue weighted by Crippen LogP contribution is -2.90. The van der Waals surface area contributed by atoms with Crippen molar-refractivity contribution in [1.82, 2.24) is 4.98 Å². The summed E-state index contributed by atoms with van der Waals surface area (Å²) >= 11 is 5.79. The summed E-state index contributed by atoms with van der Waals surface area (Å²) in [6.45, 7) is 4.46. The molecule has 0 spiro atoms. The number of rotatable bonds is 4. The van der Waals surface area contributed by atoms with Crippen LogP contribution < -0.4 is 10.6 Å². The monoisotopic (exact) mass is 228 g/mol. The van der Waals surface area contributed by atoms with E-state index < -0.39 is 0 Å². The molecule has 0 aliphatic rings. The van der Waals surface area contributed by atoms with Gasteiger partial charge in [-0.25, -0.2) is 4.98 Å². The highest BCUT2D eigenvalue weighted by atomic mass is 35.5. The highest BCUT2D eigenvalue weighted by Gasteiger charge is 2.08. The molecule has 15 heavy (non-hydrogen) atoms. The van der Waals surface area contributed by atoms with Crippen molar-refractivity contribution in [2.24, 2.45) is 0 Å². The molecule has 0 aliphatic heterocycles. The maximum atomic E-state index is 11.4. The summed E-state index contributed by atoms with van der Waals surface area (Å²) in [6, 6.07) is 3.86. The van der Waals surface area contributed by atoms with E-state index in [-0.39, 0.29) is 5.91 Å². The third kappa shape index (κ3) is 4.27. The molecule has 0 radical (unpaired) electrons. The molecule has 3 N–H and O–H groups in total. The largest absolute Gasteiger partial charge is 0.336 e. The van der Waals surface area contributed by atoms with E-state index in [9.17, 15) is 4.79 Å². The Morgan fingerprint density at radius 3 is 3.00 bits per heavy atom. The lowest BCUT2D eigenvalue weighted by Gasteiger charge is -2.07. The highest BCUT2D eigenvalue weighted by Crippen LogP contribution is 2.16. The van der Waals surface area contributed by atoms with Gasteiger partial charge in [-0.2, -0.15) is 0 Å². The molecule has 0 saturated heterocycles. The van der Waals surface area contributed by atoms with E-state index in [1.54, 1.807) is 18.3 Å². The number of amides is 1. The number of aromatic nitrogens is 1. The second-order valence-corrected chi connectivity index (χ2v) is 3.93. The van der Waals surface area contributed by atoms with Crippen molar-refractivity contribution in [2.75, 3.05) is 11.9 Å². The van der Waals surface area contributed by atoms with Crippen LogP contribution in [0.25, 0.3) is 0 Å². The second-order valence-electron chi connectivity index (χ2n) is 3.57. The Balaban J connectivity index is 2.48. The number of quaternary nitrogens is 1. The van der Waals surface area contributed by atoms with Crippen molar-refractivity contribution < 1.29 is 10.1 Å². The van der Waals surface area contributed by atoms with Gasteiger partial charge in [-0.05, 0) is 26.0 Å². The molecular weight excluding hydrogens is 214 g/mol. The van der Waals surface area contributed by atoms with E-state index in [1.807, 2.05) is 19.2 Å². The van der Waals surface area contributed by atoms with E-state index >= 15 is 0 Å². The fourth-order valence-electron chi connectivity index (χ4n) is 1.02. The van der Waals surface area contributed by atoms with Gasteiger partial charge in [-0.3, -0.25) is 4.79 Å². The predicted octanol–water partition coefficient (Wildman–Crippen LogP) is 0.645. The molecule has 0 fully saturated rings. The van der Waals surface area contributed by atoms with Crippen LogP contribution in [0.2, 0.25) is 5.15 Å². The number of hydrogen-bond acceptors (Lipinski definition) is 2. The minimum Gasteiger partial charge on any atom is -0.336 e. The minimum absolute atomic E-state index is 0.0707. The van der Waals surface area contributed by atoms with Crippen LogP contribution >= 0.6 is 11.6 Å². The van der Waals surface area contributed by atoms with Crippen LogP contribution in [0.3, 0.4) is 0 Å². The first-order valence-corrected chi connectivity index (χ1v) is 5.21. The summed E-state index contributed by atoms with van der Waals surface area (Å²) < 4.78 is 0. The first-order chi connectivity index (χ1) is 7.09. The number of carbonyl (C=O) groups excluding carboxylic acids is 1. The Hall–Kier alpha value is -1.13. The highest BCUT2D eigenvalue weighted by molar-refractivity contribution is 6.32. The molecule has 1 aromatic heterocycles. The Morgan fingerprint density at radius 1 is 1.67 bits per heavy atom. The van der Waals surface area contributed by atoms with E-state index in [1.165, 1.54) is 0 Å². The lowest BCUT2D eigenvalue weighted by atomic mass is 10.3. The Bertz CT molecular complexity index is 341. The topological polar surface area (TPSA) is 58.6 Å².